The Morgan fingerprint density at radius 1 is 1.14 bits per heavy atom. The van der Waals surface area contributed by atoms with Gasteiger partial charge in [-0.15, -0.1) is 11.3 Å². The Morgan fingerprint density at radius 3 is 2.64 bits per heavy atom. The standard InChI is InChI=1S/C24H23F3N4O4S/c1-12-7-14(19-16(8-12)30-18(11-29-19)34-22(26)27)21-31-20-15(25)9-13(10-17(20)36-21)33-6-5-28-23(32)35-24(2,3)4/h7-11,22H,5-6H2,1-4H3,(H,28,32). The second-order valence-corrected chi connectivity index (χ2v) is 9.85. The number of carbonyl (C=O) groups is 1. The van der Waals surface area contributed by atoms with E-state index >= 15 is 0 Å². The van der Waals surface area contributed by atoms with E-state index in [0.717, 1.165) is 11.8 Å². The van der Waals surface area contributed by atoms with E-state index in [1.807, 2.05) is 13.0 Å². The molecule has 0 fully saturated rings. The molecule has 4 rings (SSSR count). The zero-order chi connectivity index (χ0) is 26.0. The van der Waals surface area contributed by atoms with Crippen molar-refractivity contribution in [2.24, 2.45) is 0 Å². The lowest BCUT2D eigenvalue weighted by Crippen LogP contribution is -2.34. The minimum absolute atomic E-state index is 0.108. The number of nitrogens with zero attached hydrogens (tertiary/aromatic N) is 3. The number of fused-ring (bicyclic) bond motifs is 2. The Balaban J connectivity index is 1.55. The van der Waals surface area contributed by atoms with E-state index in [1.165, 1.54) is 17.4 Å². The third kappa shape index (κ3) is 6.11. The van der Waals surface area contributed by atoms with Gasteiger partial charge >= 0.3 is 12.7 Å². The van der Waals surface area contributed by atoms with Crippen molar-refractivity contribution in [2.45, 2.75) is 39.9 Å². The van der Waals surface area contributed by atoms with Crippen LogP contribution in [0.5, 0.6) is 11.6 Å². The van der Waals surface area contributed by atoms with Gasteiger partial charge in [0.05, 0.1) is 28.5 Å². The summed E-state index contributed by atoms with van der Waals surface area (Å²) in [7, 11) is 0. The lowest BCUT2D eigenvalue weighted by atomic mass is 10.1. The molecule has 0 saturated heterocycles. The summed E-state index contributed by atoms with van der Waals surface area (Å²) in [6, 6.07) is 6.39. The van der Waals surface area contributed by atoms with Crippen molar-refractivity contribution in [3.8, 4) is 22.2 Å². The maximum Gasteiger partial charge on any atom is 0.407 e. The van der Waals surface area contributed by atoms with Gasteiger partial charge in [-0.25, -0.2) is 24.1 Å². The highest BCUT2D eigenvalue weighted by Gasteiger charge is 2.18. The normalized spacial score (nSPS) is 11.8. The van der Waals surface area contributed by atoms with Crippen molar-refractivity contribution in [1.29, 1.82) is 0 Å². The minimum Gasteiger partial charge on any atom is -0.492 e. The fourth-order valence-electron chi connectivity index (χ4n) is 3.36. The summed E-state index contributed by atoms with van der Waals surface area (Å²) in [5, 5.41) is 3.05. The van der Waals surface area contributed by atoms with Crippen molar-refractivity contribution >= 4 is 38.7 Å². The van der Waals surface area contributed by atoms with Gasteiger partial charge in [0.25, 0.3) is 0 Å². The summed E-state index contributed by atoms with van der Waals surface area (Å²) in [5.74, 6) is -0.586. The van der Waals surface area contributed by atoms with Gasteiger partial charge in [-0.2, -0.15) is 8.78 Å². The maximum atomic E-state index is 14.8. The van der Waals surface area contributed by atoms with Crippen LogP contribution in [0.15, 0.2) is 30.5 Å². The Morgan fingerprint density at radius 2 is 1.92 bits per heavy atom. The number of thiazole rings is 1. The van der Waals surface area contributed by atoms with Crippen LogP contribution >= 0.6 is 11.3 Å². The van der Waals surface area contributed by atoms with Crippen molar-refractivity contribution in [2.75, 3.05) is 13.2 Å². The third-order valence-corrected chi connectivity index (χ3v) is 5.71. The number of rotatable bonds is 7. The van der Waals surface area contributed by atoms with E-state index in [1.54, 1.807) is 32.9 Å². The predicted molar refractivity (Wildman–Crippen MR) is 129 cm³/mol. The quantitative estimate of drug-likeness (QED) is 0.305. The molecule has 0 aliphatic carbocycles. The number of amides is 1. The first kappa shape index (κ1) is 25.4. The van der Waals surface area contributed by atoms with Gasteiger partial charge in [0.2, 0.25) is 5.88 Å². The van der Waals surface area contributed by atoms with E-state index in [4.69, 9.17) is 9.47 Å². The predicted octanol–water partition coefficient (Wildman–Crippen LogP) is 5.86. The van der Waals surface area contributed by atoms with Crippen molar-refractivity contribution in [1.82, 2.24) is 20.3 Å². The van der Waals surface area contributed by atoms with Crippen LogP contribution in [0.2, 0.25) is 0 Å². The summed E-state index contributed by atoms with van der Waals surface area (Å²) < 4.78 is 55.6. The van der Waals surface area contributed by atoms with Crippen LogP contribution < -0.4 is 14.8 Å². The fraction of sp³-hybridized carbons (Fsp3) is 0.333. The molecule has 36 heavy (non-hydrogen) atoms. The summed E-state index contributed by atoms with van der Waals surface area (Å²) in [4.78, 5) is 24.5. The molecule has 0 radical (unpaired) electrons. The molecule has 1 amide bonds. The van der Waals surface area contributed by atoms with Gasteiger partial charge in [-0.1, -0.05) is 0 Å². The van der Waals surface area contributed by atoms with Gasteiger partial charge in [0.15, 0.2) is 5.82 Å². The molecule has 2 aromatic heterocycles. The summed E-state index contributed by atoms with van der Waals surface area (Å²) in [6.07, 6.45) is 0.541. The Kier molecular flexibility index (Phi) is 7.16. The van der Waals surface area contributed by atoms with E-state index in [-0.39, 0.29) is 30.3 Å². The van der Waals surface area contributed by atoms with Gasteiger partial charge in [0, 0.05) is 11.6 Å². The Labute approximate surface area is 208 Å². The topological polar surface area (TPSA) is 95.5 Å². The van der Waals surface area contributed by atoms with Gasteiger partial charge < -0.3 is 19.5 Å². The summed E-state index contributed by atoms with van der Waals surface area (Å²) in [6.45, 7) is 4.36. The first-order chi connectivity index (χ1) is 17.0. The molecule has 190 valence electrons. The van der Waals surface area contributed by atoms with Gasteiger partial charge in [-0.3, -0.25) is 0 Å². The van der Waals surface area contributed by atoms with Crippen LogP contribution in [0.1, 0.15) is 26.3 Å². The van der Waals surface area contributed by atoms with Gasteiger partial charge in [-0.05, 0) is 51.5 Å². The van der Waals surface area contributed by atoms with E-state index in [0.29, 0.717) is 26.3 Å². The highest BCUT2D eigenvalue weighted by Crippen LogP contribution is 2.37. The average molecular weight is 521 g/mol. The van der Waals surface area contributed by atoms with Crippen molar-refractivity contribution in [3.05, 3.63) is 41.8 Å². The molecule has 8 nitrogen and oxygen atoms in total. The first-order valence-corrected chi connectivity index (χ1v) is 11.7. The average Bonchev–Trinajstić information content (AvgIpc) is 3.19. The minimum atomic E-state index is -3.02. The smallest absolute Gasteiger partial charge is 0.407 e. The van der Waals surface area contributed by atoms with Crippen LogP contribution in [-0.4, -0.2) is 46.4 Å². The van der Waals surface area contributed by atoms with Gasteiger partial charge in [0.1, 0.15) is 28.5 Å². The summed E-state index contributed by atoms with van der Waals surface area (Å²) in [5.41, 5.74) is 1.71. The summed E-state index contributed by atoms with van der Waals surface area (Å²) >= 11 is 1.23. The fourth-order valence-corrected chi connectivity index (χ4v) is 4.38. The largest absolute Gasteiger partial charge is 0.492 e. The van der Waals surface area contributed by atoms with Crippen LogP contribution in [0.4, 0.5) is 18.0 Å². The molecule has 12 heteroatoms. The van der Waals surface area contributed by atoms with Crippen LogP contribution in [0.25, 0.3) is 31.8 Å². The third-order valence-electron chi connectivity index (χ3n) is 4.67. The molecule has 0 bridgehead atoms. The maximum absolute atomic E-state index is 14.8. The number of hydrogen-bond acceptors (Lipinski definition) is 8. The lowest BCUT2D eigenvalue weighted by Gasteiger charge is -2.19. The molecule has 4 aromatic rings. The molecule has 0 aliphatic heterocycles. The number of benzene rings is 2. The molecule has 0 atom stereocenters. The zero-order valence-corrected chi connectivity index (χ0v) is 20.7. The number of nitrogens with one attached hydrogen (secondary N) is 1. The molecule has 2 aromatic carbocycles. The number of alkyl halides is 2. The Hall–Kier alpha value is -3.67. The van der Waals surface area contributed by atoms with Crippen molar-refractivity contribution in [3.63, 3.8) is 0 Å². The first-order valence-electron chi connectivity index (χ1n) is 10.9. The SMILES string of the molecule is Cc1cc(-c2nc3c(F)cc(OCCNC(=O)OC(C)(C)C)cc3s2)c2ncc(OC(F)F)nc2c1. The molecule has 0 spiro atoms. The second-order valence-electron chi connectivity index (χ2n) is 8.81. The Bertz CT molecular complexity index is 1420. The zero-order valence-electron chi connectivity index (χ0n) is 19.9. The number of carbonyl (C=O) groups excluding carboxylic acids is 1. The molecule has 1 N–H and O–H groups in total. The van der Waals surface area contributed by atoms with Crippen LogP contribution in [0, 0.1) is 12.7 Å². The van der Waals surface area contributed by atoms with E-state index in [2.05, 4.69) is 25.0 Å². The van der Waals surface area contributed by atoms with E-state index < -0.39 is 24.1 Å². The van der Waals surface area contributed by atoms with E-state index in [9.17, 15) is 18.0 Å². The highest BCUT2D eigenvalue weighted by molar-refractivity contribution is 7.21. The molecule has 2 heterocycles. The highest BCUT2D eigenvalue weighted by atomic mass is 32.1. The number of aryl methyl sites for hydroxylation is 1. The number of hydrogen-bond donors (Lipinski definition) is 1. The molecule has 0 unspecified atom stereocenters. The second kappa shape index (κ2) is 10.1. The number of ether oxygens (including phenoxy) is 3. The number of halogens is 3. The van der Waals surface area contributed by atoms with Crippen molar-refractivity contribution < 1.29 is 32.2 Å². The monoisotopic (exact) mass is 520 g/mol. The molecular weight excluding hydrogens is 497 g/mol. The molecular formula is C24H23F3N4O4S. The molecule has 0 saturated carbocycles. The lowest BCUT2D eigenvalue weighted by molar-refractivity contribution is -0.0528. The van der Waals surface area contributed by atoms with Crippen LogP contribution in [0.3, 0.4) is 0 Å². The van der Waals surface area contributed by atoms with Crippen LogP contribution in [-0.2, 0) is 4.74 Å². The number of alkyl carbamates (subject to hydrolysis) is 1. The number of aromatic nitrogens is 3. The molecule has 0 aliphatic rings.